The second kappa shape index (κ2) is 9.79. The van der Waals surface area contributed by atoms with Crippen molar-refractivity contribution in [1.82, 2.24) is 0 Å². The van der Waals surface area contributed by atoms with E-state index >= 15 is 0 Å². The van der Waals surface area contributed by atoms with Gasteiger partial charge in [-0.05, 0) is 25.7 Å². The van der Waals surface area contributed by atoms with Crippen LogP contribution in [-0.4, -0.2) is 18.2 Å². The van der Waals surface area contributed by atoms with Gasteiger partial charge in [0.15, 0.2) is 0 Å². The Morgan fingerprint density at radius 1 is 0.889 bits per heavy atom. The largest absolute Gasteiger partial charge is 0.285 e. The van der Waals surface area contributed by atoms with Gasteiger partial charge in [0.25, 0.3) is 10.1 Å². The van der Waals surface area contributed by atoms with Gasteiger partial charge in [-0.2, -0.15) is 8.42 Å². The quantitative estimate of drug-likeness (QED) is 0.449. The first kappa shape index (κ1) is 17.9. The van der Waals surface area contributed by atoms with Gasteiger partial charge in [0.2, 0.25) is 0 Å². The lowest BCUT2D eigenvalue weighted by atomic mass is 9.92. The van der Waals surface area contributed by atoms with Crippen LogP contribution in [0.15, 0.2) is 0 Å². The average molecular weight is 278 g/mol. The molecule has 0 saturated carbocycles. The minimum Gasteiger partial charge on any atom is -0.285 e. The van der Waals surface area contributed by atoms with E-state index in [0.717, 1.165) is 32.1 Å². The van der Waals surface area contributed by atoms with E-state index in [-0.39, 0.29) is 5.92 Å². The molecule has 0 fully saturated rings. The molecule has 0 aromatic carbocycles. The summed E-state index contributed by atoms with van der Waals surface area (Å²) in [5.74, 6) is 0.113. The van der Waals surface area contributed by atoms with Gasteiger partial charge in [-0.1, -0.05) is 58.8 Å². The Labute approximate surface area is 113 Å². The van der Waals surface area contributed by atoms with Gasteiger partial charge in [0.1, 0.15) is 0 Å². The van der Waals surface area contributed by atoms with E-state index < -0.39 is 15.4 Å². The molecule has 18 heavy (non-hydrogen) atoms. The molecule has 0 aromatic rings. The van der Waals surface area contributed by atoms with Crippen LogP contribution in [0.4, 0.5) is 0 Å². The van der Waals surface area contributed by atoms with Crippen molar-refractivity contribution in [1.29, 1.82) is 0 Å². The lowest BCUT2D eigenvalue weighted by Crippen LogP contribution is -2.26. The number of unbranched alkanes of at least 4 members (excludes halogenated alkanes) is 5. The van der Waals surface area contributed by atoms with Crippen LogP contribution in [0.1, 0.15) is 78.6 Å². The van der Waals surface area contributed by atoms with Gasteiger partial charge in [0.05, 0.1) is 5.25 Å². The van der Waals surface area contributed by atoms with Gasteiger partial charge in [-0.15, -0.1) is 0 Å². The first-order valence-corrected chi connectivity index (χ1v) is 8.90. The monoisotopic (exact) mass is 278 g/mol. The average Bonchev–Trinajstić information content (AvgIpc) is 2.30. The summed E-state index contributed by atoms with van der Waals surface area (Å²) in [6.07, 6.45) is 9.91. The fraction of sp³-hybridized carbons (Fsp3) is 1.00. The number of hydrogen-bond donors (Lipinski definition) is 1. The van der Waals surface area contributed by atoms with Crippen LogP contribution in [0.3, 0.4) is 0 Å². The maximum absolute atomic E-state index is 11.2. The van der Waals surface area contributed by atoms with Crippen LogP contribution in [0, 0.1) is 5.92 Å². The normalized spacial score (nSPS) is 15.6. The summed E-state index contributed by atoms with van der Waals surface area (Å²) in [5.41, 5.74) is 0. The van der Waals surface area contributed by atoms with Crippen LogP contribution >= 0.6 is 0 Å². The Kier molecular flexibility index (Phi) is 9.74. The van der Waals surface area contributed by atoms with Crippen molar-refractivity contribution in [3.05, 3.63) is 0 Å². The third-order valence-electron chi connectivity index (χ3n) is 3.74. The van der Waals surface area contributed by atoms with Crippen LogP contribution in [0.5, 0.6) is 0 Å². The molecule has 0 amide bonds. The summed E-state index contributed by atoms with van der Waals surface area (Å²) >= 11 is 0. The predicted octanol–water partition coefficient (Wildman–Crippen LogP) is 4.43. The van der Waals surface area contributed by atoms with Crippen molar-refractivity contribution in [2.75, 3.05) is 0 Å². The molecule has 4 heteroatoms. The molecule has 0 aliphatic rings. The molecule has 3 nitrogen and oxygen atoms in total. The SMILES string of the molecule is CCCCCCCC(CCCC)C(C)S(=O)(=O)O. The van der Waals surface area contributed by atoms with Gasteiger partial charge in [-0.25, -0.2) is 0 Å². The highest BCUT2D eigenvalue weighted by Gasteiger charge is 2.26. The maximum Gasteiger partial charge on any atom is 0.267 e. The molecule has 0 saturated heterocycles. The molecular weight excluding hydrogens is 248 g/mol. The van der Waals surface area contributed by atoms with Crippen molar-refractivity contribution < 1.29 is 13.0 Å². The molecule has 0 spiro atoms. The zero-order valence-electron chi connectivity index (χ0n) is 12.2. The Balaban J connectivity index is 4.15. The van der Waals surface area contributed by atoms with Crippen molar-refractivity contribution in [2.24, 2.45) is 5.92 Å². The zero-order valence-corrected chi connectivity index (χ0v) is 13.0. The molecule has 0 aliphatic heterocycles. The summed E-state index contributed by atoms with van der Waals surface area (Å²) in [5, 5.41) is -0.616. The van der Waals surface area contributed by atoms with E-state index in [1.807, 2.05) is 0 Å². The third-order valence-corrected chi connectivity index (χ3v) is 5.07. The lowest BCUT2D eigenvalue weighted by molar-refractivity contribution is 0.374. The standard InChI is InChI=1S/C14H30O3S/c1-4-6-8-9-10-12-14(11-7-5-2)13(3)18(15,16)17/h13-14H,4-12H2,1-3H3,(H,15,16,17). The fourth-order valence-electron chi connectivity index (χ4n) is 2.33. The van der Waals surface area contributed by atoms with Gasteiger partial charge in [0, 0.05) is 0 Å². The van der Waals surface area contributed by atoms with Crippen LogP contribution in [0.25, 0.3) is 0 Å². The summed E-state index contributed by atoms with van der Waals surface area (Å²) < 4.78 is 31.6. The maximum atomic E-state index is 11.2. The second-order valence-corrected chi connectivity index (χ2v) is 7.10. The summed E-state index contributed by atoms with van der Waals surface area (Å²) in [7, 11) is -3.88. The van der Waals surface area contributed by atoms with E-state index in [2.05, 4.69) is 13.8 Å². The van der Waals surface area contributed by atoms with Crippen LogP contribution in [-0.2, 0) is 10.1 Å². The van der Waals surface area contributed by atoms with E-state index in [0.29, 0.717) is 0 Å². The molecule has 1 N–H and O–H groups in total. The molecule has 0 rings (SSSR count). The highest BCUT2D eigenvalue weighted by molar-refractivity contribution is 7.86. The number of rotatable bonds is 11. The molecule has 0 radical (unpaired) electrons. The molecule has 110 valence electrons. The van der Waals surface area contributed by atoms with E-state index in [4.69, 9.17) is 4.55 Å². The Morgan fingerprint density at radius 2 is 1.39 bits per heavy atom. The molecular formula is C14H30O3S. The van der Waals surface area contributed by atoms with Crippen molar-refractivity contribution in [3.63, 3.8) is 0 Å². The summed E-state index contributed by atoms with van der Waals surface area (Å²) in [6, 6.07) is 0. The summed E-state index contributed by atoms with van der Waals surface area (Å²) in [4.78, 5) is 0. The second-order valence-electron chi connectivity index (χ2n) is 5.33. The highest BCUT2D eigenvalue weighted by atomic mass is 32.2. The minimum absolute atomic E-state index is 0.113. The van der Waals surface area contributed by atoms with Crippen LogP contribution < -0.4 is 0 Å². The molecule has 0 aromatic heterocycles. The van der Waals surface area contributed by atoms with Gasteiger partial charge >= 0.3 is 0 Å². The van der Waals surface area contributed by atoms with Crippen molar-refractivity contribution in [2.45, 2.75) is 83.8 Å². The zero-order chi connectivity index (χ0) is 14.0. The minimum atomic E-state index is -3.88. The first-order chi connectivity index (χ1) is 8.43. The fourth-order valence-corrected chi connectivity index (χ4v) is 3.09. The molecule has 0 aliphatic carbocycles. The molecule has 0 bridgehead atoms. The topological polar surface area (TPSA) is 54.4 Å². The Hall–Kier alpha value is -0.0900. The Bertz CT molecular complexity index is 285. The Morgan fingerprint density at radius 3 is 1.89 bits per heavy atom. The third kappa shape index (κ3) is 8.09. The summed E-state index contributed by atoms with van der Waals surface area (Å²) in [6.45, 7) is 5.93. The van der Waals surface area contributed by atoms with Crippen LogP contribution in [0.2, 0.25) is 0 Å². The highest BCUT2D eigenvalue weighted by Crippen LogP contribution is 2.24. The van der Waals surface area contributed by atoms with Gasteiger partial charge in [-0.3, -0.25) is 4.55 Å². The van der Waals surface area contributed by atoms with E-state index in [9.17, 15) is 8.42 Å². The van der Waals surface area contributed by atoms with Crippen molar-refractivity contribution in [3.8, 4) is 0 Å². The van der Waals surface area contributed by atoms with Crippen molar-refractivity contribution >= 4 is 10.1 Å². The molecule has 0 heterocycles. The lowest BCUT2D eigenvalue weighted by Gasteiger charge is -2.21. The molecule has 2 unspecified atom stereocenters. The predicted molar refractivity (Wildman–Crippen MR) is 77.4 cm³/mol. The number of hydrogen-bond acceptors (Lipinski definition) is 2. The van der Waals surface area contributed by atoms with Gasteiger partial charge < -0.3 is 0 Å². The van der Waals surface area contributed by atoms with E-state index in [1.165, 1.54) is 25.7 Å². The molecule has 2 atom stereocenters. The first-order valence-electron chi connectivity index (χ1n) is 7.39. The van der Waals surface area contributed by atoms with E-state index in [1.54, 1.807) is 6.92 Å². The smallest absolute Gasteiger partial charge is 0.267 e.